The SMILES string of the molecule is CC(C)(C)NC(=O)c1ccc(N2C(=O)c3cnncc3C2=O)cc1. The highest BCUT2D eigenvalue weighted by Crippen LogP contribution is 2.27. The van der Waals surface area contributed by atoms with E-state index in [2.05, 4.69) is 15.5 Å². The van der Waals surface area contributed by atoms with Gasteiger partial charge in [0.15, 0.2) is 0 Å². The number of nitrogens with zero attached hydrogens (tertiary/aromatic N) is 3. The van der Waals surface area contributed by atoms with E-state index in [0.29, 0.717) is 11.3 Å². The average molecular weight is 324 g/mol. The van der Waals surface area contributed by atoms with E-state index in [-0.39, 0.29) is 22.6 Å². The lowest BCUT2D eigenvalue weighted by Crippen LogP contribution is -2.40. The van der Waals surface area contributed by atoms with Crippen LogP contribution in [0.15, 0.2) is 36.7 Å². The van der Waals surface area contributed by atoms with Gasteiger partial charge in [-0.25, -0.2) is 4.90 Å². The fraction of sp³-hybridized carbons (Fsp3) is 0.235. The Morgan fingerprint density at radius 2 is 1.46 bits per heavy atom. The third kappa shape index (κ3) is 2.76. The first-order chi connectivity index (χ1) is 11.3. The minimum Gasteiger partial charge on any atom is -0.347 e. The lowest BCUT2D eigenvalue weighted by atomic mass is 10.1. The van der Waals surface area contributed by atoms with Crippen molar-refractivity contribution in [1.82, 2.24) is 15.5 Å². The zero-order chi connectivity index (χ0) is 17.5. The number of amides is 3. The summed E-state index contributed by atoms with van der Waals surface area (Å²) in [6.07, 6.45) is 2.56. The summed E-state index contributed by atoms with van der Waals surface area (Å²) >= 11 is 0. The molecule has 1 aliphatic rings. The van der Waals surface area contributed by atoms with Crippen LogP contribution in [-0.2, 0) is 0 Å². The first kappa shape index (κ1) is 15.8. The largest absolute Gasteiger partial charge is 0.347 e. The normalized spacial score (nSPS) is 13.9. The van der Waals surface area contributed by atoms with E-state index < -0.39 is 11.8 Å². The maximum absolute atomic E-state index is 12.4. The Hall–Kier alpha value is -3.09. The summed E-state index contributed by atoms with van der Waals surface area (Å²) in [7, 11) is 0. The van der Waals surface area contributed by atoms with Gasteiger partial charge in [0.05, 0.1) is 29.2 Å². The summed E-state index contributed by atoms with van der Waals surface area (Å²) < 4.78 is 0. The average Bonchev–Trinajstić information content (AvgIpc) is 2.78. The molecule has 0 unspecified atom stereocenters. The summed E-state index contributed by atoms with van der Waals surface area (Å²) in [6, 6.07) is 6.30. The second-order valence-corrected chi connectivity index (χ2v) is 6.51. The molecule has 0 radical (unpaired) electrons. The van der Waals surface area contributed by atoms with Crippen molar-refractivity contribution >= 4 is 23.4 Å². The number of hydrogen-bond donors (Lipinski definition) is 1. The van der Waals surface area contributed by atoms with Crippen LogP contribution in [0, 0.1) is 0 Å². The van der Waals surface area contributed by atoms with E-state index in [4.69, 9.17) is 0 Å². The van der Waals surface area contributed by atoms with E-state index in [1.807, 2.05) is 20.8 Å². The zero-order valence-corrected chi connectivity index (χ0v) is 13.5. The van der Waals surface area contributed by atoms with Crippen LogP contribution in [0.1, 0.15) is 51.8 Å². The molecule has 1 aliphatic heterocycles. The quantitative estimate of drug-likeness (QED) is 0.851. The van der Waals surface area contributed by atoms with Gasteiger partial charge in [0.25, 0.3) is 17.7 Å². The molecule has 3 amide bonds. The molecule has 2 heterocycles. The minimum atomic E-state index is -0.447. The molecule has 24 heavy (non-hydrogen) atoms. The van der Waals surface area contributed by atoms with Crippen molar-refractivity contribution in [1.29, 1.82) is 0 Å². The second kappa shape index (κ2) is 5.52. The molecule has 1 aromatic heterocycles. The molecule has 122 valence electrons. The number of nitrogens with one attached hydrogen (secondary N) is 1. The van der Waals surface area contributed by atoms with Crippen LogP contribution >= 0.6 is 0 Å². The number of benzene rings is 1. The highest BCUT2D eigenvalue weighted by Gasteiger charge is 2.37. The number of hydrogen-bond acceptors (Lipinski definition) is 5. The third-order valence-corrected chi connectivity index (χ3v) is 3.47. The fourth-order valence-corrected chi connectivity index (χ4v) is 2.40. The summed E-state index contributed by atoms with van der Waals surface area (Å²) in [5.41, 5.74) is 0.953. The zero-order valence-electron chi connectivity index (χ0n) is 13.5. The molecule has 0 saturated heterocycles. The van der Waals surface area contributed by atoms with Crippen molar-refractivity contribution in [2.24, 2.45) is 0 Å². The Balaban J connectivity index is 1.86. The van der Waals surface area contributed by atoms with E-state index >= 15 is 0 Å². The molecular formula is C17H16N4O3. The molecule has 0 bridgehead atoms. The van der Waals surface area contributed by atoms with Gasteiger partial charge in [0.2, 0.25) is 0 Å². The van der Waals surface area contributed by atoms with Crippen LogP contribution in [0.2, 0.25) is 0 Å². The van der Waals surface area contributed by atoms with E-state index in [9.17, 15) is 14.4 Å². The highest BCUT2D eigenvalue weighted by molar-refractivity contribution is 6.34. The van der Waals surface area contributed by atoms with Crippen molar-refractivity contribution in [2.45, 2.75) is 26.3 Å². The second-order valence-electron chi connectivity index (χ2n) is 6.51. The Morgan fingerprint density at radius 3 is 1.92 bits per heavy atom. The maximum atomic E-state index is 12.4. The van der Waals surface area contributed by atoms with E-state index in [1.165, 1.54) is 12.4 Å². The fourth-order valence-electron chi connectivity index (χ4n) is 2.40. The van der Waals surface area contributed by atoms with E-state index in [0.717, 1.165) is 4.90 Å². The molecule has 1 aromatic carbocycles. The first-order valence-electron chi connectivity index (χ1n) is 7.40. The number of imide groups is 1. The smallest absolute Gasteiger partial charge is 0.267 e. The van der Waals surface area contributed by atoms with Crippen molar-refractivity contribution < 1.29 is 14.4 Å². The molecule has 3 rings (SSSR count). The molecule has 0 aliphatic carbocycles. The number of carbonyl (C=O) groups excluding carboxylic acids is 3. The Bertz CT molecular complexity index is 803. The summed E-state index contributed by atoms with van der Waals surface area (Å²) in [5.74, 6) is -1.11. The molecular weight excluding hydrogens is 308 g/mol. The number of aromatic nitrogens is 2. The van der Waals surface area contributed by atoms with Crippen molar-refractivity contribution in [2.75, 3.05) is 4.90 Å². The number of carbonyl (C=O) groups is 3. The van der Waals surface area contributed by atoms with Crippen molar-refractivity contribution in [3.8, 4) is 0 Å². The number of anilines is 1. The number of fused-ring (bicyclic) bond motifs is 1. The van der Waals surface area contributed by atoms with Gasteiger partial charge in [0, 0.05) is 11.1 Å². The molecule has 0 atom stereocenters. The van der Waals surface area contributed by atoms with Crippen molar-refractivity contribution in [3.05, 3.63) is 53.3 Å². The Kier molecular flexibility index (Phi) is 3.63. The predicted molar refractivity (Wildman–Crippen MR) is 86.8 cm³/mol. The van der Waals surface area contributed by atoms with Gasteiger partial charge >= 0.3 is 0 Å². The van der Waals surface area contributed by atoms with Crippen LogP contribution in [0.3, 0.4) is 0 Å². The standard InChI is InChI=1S/C17H16N4O3/c1-17(2,3)20-14(22)10-4-6-11(7-5-10)21-15(23)12-8-18-19-9-13(12)16(21)24/h4-9H,1-3H3,(H,20,22). The van der Waals surface area contributed by atoms with Crippen LogP contribution in [0.25, 0.3) is 0 Å². The van der Waals surface area contributed by atoms with Gasteiger partial charge in [-0.1, -0.05) is 0 Å². The van der Waals surface area contributed by atoms with Gasteiger partial charge in [0.1, 0.15) is 0 Å². The summed E-state index contributed by atoms with van der Waals surface area (Å²) in [4.78, 5) is 37.9. The molecule has 0 saturated carbocycles. The van der Waals surface area contributed by atoms with Crippen LogP contribution < -0.4 is 10.2 Å². The van der Waals surface area contributed by atoms with Gasteiger partial charge in [-0.2, -0.15) is 10.2 Å². The van der Waals surface area contributed by atoms with Crippen LogP contribution in [0.5, 0.6) is 0 Å². The maximum Gasteiger partial charge on any atom is 0.267 e. The van der Waals surface area contributed by atoms with Crippen molar-refractivity contribution in [3.63, 3.8) is 0 Å². The molecule has 7 heteroatoms. The molecule has 0 fully saturated rings. The molecule has 1 N–H and O–H groups in total. The highest BCUT2D eigenvalue weighted by atomic mass is 16.2. The Morgan fingerprint density at radius 1 is 0.958 bits per heavy atom. The molecule has 0 spiro atoms. The Labute approximate surface area is 138 Å². The summed E-state index contributed by atoms with van der Waals surface area (Å²) in [6.45, 7) is 5.67. The lowest BCUT2D eigenvalue weighted by molar-refractivity contribution is 0.0912. The predicted octanol–water partition coefficient (Wildman–Crippen LogP) is 1.81. The lowest BCUT2D eigenvalue weighted by Gasteiger charge is -2.20. The topological polar surface area (TPSA) is 92.3 Å². The van der Waals surface area contributed by atoms with E-state index in [1.54, 1.807) is 24.3 Å². The minimum absolute atomic E-state index is 0.218. The summed E-state index contributed by atoms with van der Waals surface area (Å²) in [5, 5.41) is 10.1. The van der Waals surface area contributed by atoms with Crippen LogP contribution in [0.4, 0.5) is 5.69 Å². The van der Waals surface area contributed by atoms with Gasteiger partial charge in [-0.15, -0.1) is 0 Å². The monoisotopic (exact) mass is 324 g/mol. The van der Waals surface area contributed by atoms with Gasteiger partial charge < -0.3 is 5.32 Å². The molecule has 2 aromatic rings. The molecule has 7 nitrogen and oxygen atoms in total. The first-order valence-corrected chi connectivity index (χ1v) is 7.40. The number of rotatable bonds is 2. The van der Waals surface area contributed by atoms with Crippen LogP contribution in [-0.4, -0.2) is 33.5 Å². The van der Waals surface area contributed by atoms with Gasteiger partial charge in [-0.3, -0.25) is 14.4 Å². The van der Waals surface area contributed by atoms with Gasteiger partial charge in [-0.05, 0) is 45.0 Å². The third-order valence-electron chi connectivity index (χ3n) is 3.47.